The number of ketones is 1. The Morgan fingerprint density at radius 1 is 1.04 bits per heavy atom. The summed E-state index contributed by atoms with van der Waals surface area (Å²) in [6.07, 6.45) is -1.54. The molecule has 0 aliphatic carbocycles. The van der Waals surface area contributed by atoms with Crippen LogP contribution in [0.15, 0.2) is 48.5 Å². The minimum Gasteiger partial charge on any atom is -0.367 e. The highest BCUT2D eigenvalue weighted by Crippen LogP contribution is 2.35. The minimum atomic E-state index is -0.928. The van der Waals surface area contributed by atoms with E-state index in [2.05, 4.69) is 6.07 Å². The number of carbonyl (C=O) groups excluding carboxylic acids is 2. The first kappa shape index (κ1) is 16.6. The molecule has 1 aliphatic heterocycles. The van der Waals surface area contributed by atoms with Gasteiger partial charge < -0.3 is 9.47 Å². The zero-order valence-corrected chi connectivity index (χ0v) is 13.8. The maximum Gasteiger partial charge on any atom is 0.226 e. The smallest absolute Gasteiger partial charge is 0.226 e. The Labute approximate surface area is 141 Å². The molecule has 124 valence electrons. The third kappa shape index (κ3) is 3.45. The number of Topliss-reactive ketones (excluding diaryl/α,β-unsaturated/α-hetero) is 1. The van der Waals surface area contributed by atoms with Crippen molar-refractivity contribution in [1.29, 1.82) is 0 Å². The molecular weight excluding hydrogens is 304 g/mol. The first-order valence-electron chi connectivity index (χ1n) is 7.97. The topological polar surface area (TPSA) is 52.6 Å². The van der Waals surface area contributed by atoms with Gasteiger partial charge in [-0.25, -0.2) is 0 Å². The lowest BCUT2D eigenvalue weighted by molar-refractivity contribution is -0.190. The molecule has 0 radical (unpaired) electrons. The van der Waals surface area contributed by atoms with Crippen molar-refractivity contribution in [1.82, 2.24) is 0 Å². The SMILES string of the molecule is Cc1cc(C)cc(C2OCC(c3ccccc3)OC2C(=O)C=O)c1. The first-order chi connectivity index (χ1) is 11.6. The van der Waals surface area contributed by atoms with Gasteiger partial charge in [-0.2, -0.15) is 0 Å². The van der Waals surface area contributed by atoms with Gasteiger partial charge in [-0.05, 0) is 25.0 Å². The van der Waals surface area contributed by atoms with Gasteiger partial charge in [0.25, 0.3) is 0 Å². The Bertz CT molecular complexity index is 718. The van der Waals surface area contributed by atoms with Crippen molar-refractivity contribution in [3.05, 3.63) is 70.8 Å². The molecular formula is C20H20O4. The number of rotatable bonds is 4. The third-order valence-corrected chi connectivity index (χ3v) is 4.15. The van der Waals surface area contributed by atoms with E-state index in [4.69, 9.17) is 9.47 Å². The number of ether oxygens (including phenoxy) is 2. The fourth-order valence-electron chi connectivity index (χ4n) is 3.14. The maximum absolute atomic E-state index is 12.1. The molecule has 1 saturated heterocycles. The first-order valence-corrected chi connectivity index (χ1v) is 7.97. The minimum absolute atomic E-state index is 0.317. The molecule has 0 aromatic heterocycles. The van der Waals surface area contributed by atoms with Crippen LogP contribution < -0.4 is 0 Å². The van der Waals surface area contributed by atoms with Crippen molar-refractivity contribution in [2.45, 2.75) is 32.2 Å². The monoisotopic (exact) mass is 324 g/mol. The van der Waals surface area contributed by atoms with E-state index in [0.29, 0.717) is 12.9 Å². The summed E-state index contributed by atoms with van der Waals surface area (Å²) < 4.78 is 11.9. The van der Waals surface area contributed by atoms with Crippen LogP contribution in [0.4, 0.5) is 0 Å². The van der Waals surface area contributed by atoms with E-state index < -0.39 is 18.0 Å². The van der Waals surface area contributed by atoms with Crippen molar-refractivity contribution in [3.8, 4) is 0 Å². The number of hydrogen-bond acceptors (Lipinski definition) is 4. The number of carbonyl (C=O) groups is 2. The lowest BCUT2D eigenvalue weighted by Gasteiger charge is -2.35. The van der Waals surface area contributed by atoms with Crippen LogP contribution in [0.1, 0.15) is 34.5 Å². The zero-order valence-electron chi connectivity index (χ0n) is 13.8. The van der Waals surface area contributed by atoms with Crippen molar-refractivity contribution in [2.75, 3.05) is 6.61 Å². The van der Waals surface area contributed by atoms with Crippen LogP contribution in [-0.2, 0) is 19.1 Å². The third-order valence-electron chi connectivity index (χ3n) is 4.15. The Kier molecular flexibility index (Phi) is 4.88. The molecule has 4 nitrogen and oxygen atoms in total. The molecule has 0 amide bonds. The standard InChI is InChI=1S/C20H20O4/c1-13-8-14(2)10-16(9-13)19-20(17(22)11-21)24-18(12-23-19)15-6-4-3-5-7-15/h3-11,18-20H,12H2,1-2H3. The summed E-state index contributed by atoms with van der Waals surface area (Å²) in [4.78, 5) is 23.2. The van der Waals surface area contributed by atoms with Gasteiger partial charge in [0.05, 0.1) is 6.61 Å². The molecule has 4 heteroatoms. The lowest BCUT2D eigenvalue weighted by Crippen LogP contribution is -2.40. The molecule has 24 heavy (non-hydrogen) atoms. The van der Waals surface area contributed by atoms with Crippen LogP contribution in [0.25, 0.3) is 0 Å². The number of hydrogen-bond donors (Lipinski definition) is 0. The van der Waals surface area contributed by atoms with E-state index in [-0.39, 0.29) is 6.10 Å². The molecule has 0 bridgehead atoms. The van der Waals surface area contributed by atoms with Crippen molar-refractivity contribution < 1.29 is 19.1 Å². The van der Waals surface area contributed by atoms with Gasteiger partial charge in [0.15, 0.2) is 12.4 Å². The molecule has 0 N–H and O–H groups in total. The van der Waals surface area contributed by atoms with Gasteiger partial charge in [0.1, 0.15) is 12.2 Å². The average Bonchev–Trinajstić information content (AvgIpc) is 2.60. The van der Waals surface area contributed by atoms with Crippen molar-refractivity contribution >= 4 is 12.1 Å². The fourth-order valence-corrected chi connectivity index (χ4v) is 3.14. The summed E-state index contributed by atoms with van der Waals surface area (Å²) in [7, 11) is 0. The van der Waals surface area contributed by atoms with Crippen LogP contribution in [0, 0.1) is 13.8 Å². The summed E-state index contributed by atoms with van der Waals surface area (Å²) in [6, 6.07) is 15.6. The normalized spacial score (nSPS) is 23.7. The van der Waals surface area contributed by atoms with Crippen LogP contribution in [0.5, 0.6) is 0 Å². The molecule has 2 aromatic carbocycles. The molecule has 1 heterocycles. The molecule has 3 atom stereocenters. The van der Waals surface area contributed by atoms with E-state index in [0.717, 1.165) is 22.3 Å². The molecule has 0 saturated carbocycles. The molecule has 1 fully saturated rings. The van der Waals surface area contributed by atoms with E-state index in [1.165, 1.54) is 0 Å². The highest BCUT2D eigenvalue weighted by atomic mass is 16.6. The Morgan fingerprint density at radius 3 is 2.33 bits per heavy atom. The Morgan fingerprint density at radius 2 is 1.71 bits per heavy atom. The highest BCUT2D eigenvalue weighted by Gasteiger charge is 2.38. The largest absolute Gasteiger partial charge is 0.367 e. The second-order valence-electron chi connectivity index (χ2n) is 6.15. The van der Waals surface area contributed by atoms with Gasteiger partial charge in [0.2, 0.25) is 5.78 Å². The van der Waals surface area contributed by atoms with E-state index >= 15 is 0 Å². The Balaban J connectivity index is 1.90. The van der Waals surface area contributed by atoms with Crippen LogP contribution in [0.2, 0.25) is 0 Å². The molecule has 3 rings (SSSR count). The van der Waals surface area contributed by atoms with Crippen molar-refractivity contribution in [2.24, 2.45) is 0 Å². The number of benzene rings is 2. The molecule has 2 aromatic rings. The summed E-state index contributed by atoms with van der Waals surface area (Å²) in [5, 5.41) is 0. The van der Waals surface area contributed by atoms with Crippen molar-refractivity contribution in [3.63, 3.8) is 0 Å². The van der Waals surface area contributed by atoms with Gasteiger partial charge in [-0.1, -0.05) is 59.7 Å². The van der Waals surface area contributed by atoms with Gasteiger partial charge in [-0.15, -0.1) is 0 Å². The summed E-state index contributed by atoms with van der Waals surface area (Å²) >= 11 is 0. The number of aldehydes is 1. The van der Waals surface area contributed by atoms with E-state index in [1.807, 2.05) is 56.3 Å². The highest BCUT2D eigenvalue weighted by molar-refractivity contribution is 6.27. The van der Waals surface area contributed by atoms with Gasteiger partial charge in [0, 0.05) is 0 Å². The molecule has 3 unspecified atom stereocenters. The second-order valence-corrected chi connectivity index (χ2v) is 6.15. The summed E-state index contributed by atoms with van der Waals surface area (Å²) in [5.74, 6) is -0.597. The van der Waals surface area contributed by atoms with Crippen LogP contribution >= 0.6 is 0 Å². The van der Waals surface area contributed by atoms with Crippen LogP contribution in [0.3, 0.4) is 0 Å². The van der Waals surface area contributed by atoms with E-state index in [1.54, 1.807) is 0 Å². The van der Waals surface area contributed by atoms with E-state index in [9.17, 15) is 9.59 Å². The molecule has 1 aliphatic rings. The van der Waals surface area contributed by atoms with Gasteiger partial charge in [-0.3, -0.25) is 9.59 Å². The Hall–Kier alpha value is -2.30. The summed E-state index contributed by atoms with van der Waals surface area (Å²) in [5.41, 5.74) is 3.95. The van der Waals surface area contributed by atoms with Crippen LogP contribution in [-0.4, -0.2) is 24.8 Å². The van der Waals surface area contributed by atoms with Gasteiger partial charge >= 0.3 is 0 Å². The lowest BCUT2D eigenvalue weighted by atomic mass is 9.96. The average molecular weight is 324 g/mol. The quantitative estimate of drug-likeness (QED) is 0.640. The molecule has 0 spiro atoms. The maximum atomic E-state index is 12.1. The predicted octanol–water partition coefficient (Wildman–Crippen LogP) is 3.27. The zero-order chi connectivity index (χ0) is 17.1. The summed E-state index contributed by atoms with van der Waals surface area (Å²) in [6.45, 7) is 4.32. The fraction of sp³-hybridized carbons (Fsp3) is 0.300. The predicted molar refractivity (Wildman–Crippen MR) is 89.7 cm³/mol. The number of aryl methyl sites for hydroxylation is 2. The second kappa shape index (κ2) is 7.07.